The van der Waals surface area contributed by atoms with Gasteiger partial charge in [-0.15, -0.1) is 36.2 Å². The molecule has 43 heavy (non-hydrogen) atoms. The number of likely N-dealkylation sites (tertiary alicyclic amines) is 1. The highest BCUT2D eigenvalue weighted by atomic mass is 35.5. The van der Waals surface area contributed by atoms with Crippen LogP contribution in [0.3, 0.4) is 0 Å². The Bertz CT molecular complexity index is 1570. The standard InChI is InChI=1S/C32H30N4O4S.2ClH/c33-30(34)23-9-4-8-22(18-23)29(37)28(26-10-5-17-41-26)27(32(38)39)20-11-13-24(14-12-20)40-25-15-16-36(19-25)31(35)21-6-2-1-3-7-21;;/h1-14,17-18,25,27-28,35H,15-16,19H2,(H3,33,34)(H,38,39);2*1H/t25-,27?,28?;;/m0../s1. The number of carbonyl (C=O) groups excluding carboxylic acids is 1. The first-order valence-corrected chi connectivity index (χ1v) is 14.1. The summed E-state index contributed by atoms with van der Waals surface area (Å²) in [6, 6.07) is 26.5. The Hall–Kier alpha value is -4.18. The quantitative estimate of drug-likeness (QED) is 0.0927. The van der Waals surface area contributed by atoms with Gasteiger partial charge in [-0.05, 0) is 35.2 Å². The number of benzene rings is 3. The van der Waals surface area contributed by atoms with Crippen molar-refractivity contribution >= 4 is 59.6 Å². The summed E-state index contributed by atoms with van der Waals surface area (Å²) in [5, 5.41) is 28.4. The number of ether oxygens (including phenoxy) is 1. The third kappa shape index (κ3) is 7.62. The van der Waals surface area contributed by atoms with Gasteiger partial charge in [0, 0.05) is 34.5 Å². The summed E-state index contributed by atoms with van der Waals surface area (Å²) in [5.41, 5.74) is 7.68. The molecule has 1 aliphatic heterocycles. The normalized spacial score (nSPS) is 15.3. The van der Waals surface area contributed by atoms with Gasteiger partial charge in [0.1, 0.15) is 23.5 Å². The number of Topliss-reactive ketones (excluding diaryl/α,β-unsaturated/α-hetero) is 1. The zero-order valence-electron chi connectivity index (χ0n) is 23.0. The third-order valence-electron chi connectivity index (χ3n) is 7.24. The van der Waals surface area contributed by atoms with Gasteiger partial charge >= 0.3 is 5.97 Å². The second-order valence-electron chi connectivity index (χ2n) is 9.93. The molecular weight excluding hydrogens is 607 g/mol. The summed E-state index contributed by atoms with van der Waals surface area (Å²) < 4.78 is 6.19. The Morgan fingerprint density at radius 1 is 0.884 bits per heavy atom. The molecule has 8 nitrogen and oxygen atoms in total. The van der Waals surface area contributed by atoms with Crippen molar-refractivity contribution in [1.29, 1.82) is 10.8 Å². The molecule has 2 heterocycles. The van der Waals surface area contributed by atoms with Crippen LogP contribution in [0.5, 0.6) is 5.75 Å². The minimum Gasteiger partial charge on any atom is -0.489 e. The molecule has 1 saturated heterocycles. The maximum Gasteiger partial charge on any atom is 0.312 e. The maximum atomic E-state index is 13.8. The van der Waals surface area contributed by atoms with Crippen LogP contribution in [0.4, 0.5) is 0 Å². The summed E-state index contributed by atoms with van der Waals surface area (Å²) in [6.45, 7) is 1.30. The lowest BCUT2D eigenvalue weighted by molar-refractivity contribution is -0.139. The van der Waals surface area contributed by atoms with Crippen LogP contribution in [-0.2, 0) is 4.79 Å². The van der Waals surface area contributed by atoms with Crippen molar-refractivity contribution in [3.63, 3.8) is 0 Å². The van der Waals surface area contributed by atoms with Gasteiger partial charge in [0.05, 0.1) is 18.4 Å². The van der Waals surface area contributed by atoms with E-state index in [0.29, 0.717) is 46.2 Å². The molecule has 4 aromatic rings. The predicted molar refractivity (Wildman–Crippen MR) is 174 cm³/mol. The van der Waals surface area contributed by atoms with Crippen molar-refractivity contribution < 1.29 is 19.4 Å². The molecule has 11 heteroatoms. The topological polar surface area (TPSA) is 141 Å². The molecule has 0 aliphatic carbocycles. The largest absolute Gasteiger partial charge is 0.489 e. The Morgan fingerprint density at radius 3 is 2.19 bits per heavy atom. The van der Waals surface area contributed by atoms with Crippen molar-refractivity contribution in [1.82, 2.24) is 4.90 Å². The molecule has 0 bridgehead atoms. The average molecular weight is 640 g/mol. The molecule has 1 fully saturated rings. The number of hydrogen-bond donors (Lipinski definition) is 4. The smallest absolute Gasteiger partial charge is 0.312 e. The number of rotatable bonds is 10. The fourth-order valence-electron chi connectivity index (χ4n) is 5.16. The lowest BCUT2D eigenvalue weighted by atomic mass is 9.80. The third-order valence-corrected chi connectivity index (χ3v) is 8.20. The minimum atomic E-state index is -1.13. The van der Waals surface area contributed by atoms with Gasteiger partial charge in [0.15, 0.2) is 5.78 Å². The van der Waals surface area contributed by atoms with Gasteiger partial charge in [-0.3, -0.25) is 20.4 Å². The van der Waals surface area contributed by atoms with Gasteiger partial charge < -0.3 is 20.5 Å². The molecule has 0 radical (unpaired) electrons. The lowest BCUT2D eigenvalue weighted by Gasteiger charge is -2.23. The van der Waals surface area contributed by atoms with E-state index in [4.69, 9.17) is 21.3 Å². The summed E-state index contributed by atoms with van der Waals surface area (Å²) in [7, 11) is 0. The van der Waals surface area contributed by atoms with Crippen LogP contribution in [0.25, 0.3) is 0 Å². The van der Waals surface area contributed by atoms with E-state index in [2.05, 4.69) is 0 Å². The van der Waals surface area contributed by atoms with Gasteiger partial charge in [-0.2, -0.15) is 0 Å². The van der Waals surface area contributed by atoms with Crippen molar-refractivity contribution in [2.45, 2.75) is 24.4 Å². The number of ketones is 1. The molecular formula is C32H32Cl2N4O4S. The zero-order chi connectivity index (χ0) is 28.9. The van der Waals surface area contributed by atoms with Crippen molar-refractivity contribution in [2.24, 2.45) is 5.73 Å². The van der Waals surface area contributed by atoms with E-state index in [1.54, 1.807) is 54.6 Å². The van der Waals surface area contributed by atoms with Crippen LogP contribution in [-0.4, -0.2) is 52.6 Å². The highest BCUT2D eigenvalue weighted by Gasteiger charge is 2.38. The Kier molecular flexibility index (Phi) is 11.5. The zero-order valence-corrected chi connectivity index (χ0v) is 25.5. The maximum absolute atomic E-state index is 13.8. The Balaban J connectivity index is 0.00000253. The van der Waals surface area contributed by atoms with E-state index in [1.165, 1.54) is 17.4 Å². The SMILES string of the molecule is Cl.Cl.N=C(N)c1cccc(C(=O)C(c2cccs2)C(C(=O)O)c2ccc(O[C@H]3CCN(C(=N)c4ccccc4)C3)cc2)c1. The molecule has 3 aromatic carbocycles. The number of aliphatic carboxylic acids is 1. The molecule has 0 amide bonds. The molecule has 1 aromatic heterocycles. The monoisotopic (exact) mass is 638 g/mol. The van der Waals surface area contributed by atoms with Crippen molar-refractivity contribution in [3.8, 4) is 5.75 Å². The van der Waals surface area contributed by atoms with E-state index < -0.39 is 17.8 Å². The summed E-state index contributed by atoms with van der Waals surface area (Å²) in [6.07, 6.45) is 0.664. The van der Waals surface area contributed by atoms with Crippen LogP contribution in [0.1, 0.15) is 50.2 Å². The molecule has 0 spiro atoms. The number of nitrogen functional groups attached to an aromatic ring is 1. The average Bonchev–Trinajstić information content (AvgIpc) is 3.69. The molecule has 5 N–H and O–H groups in total. The minimum absolute atomic E-state index is 0. The number of hydrogen-bond acceptors (Lipinski definition) is 6. The van der Waals surface area contributed by atoms with Gasteiger partial charge in [0.25, 0.3) is 0 Å². The van der Waals surface area contributed by atoms with Crippen LogP contribution in [0.15, 0.2) is 96.4 Å². The fourth-order valence-corrected chi connectivity index (χ4v) is 6.02. The first-order chi connectivity index (χ1) is 19.8. The molecule has 224 valence electrons. The molecule has 1 aliphatic rings. The lowest BCUT2D eigenvalue weighted by Crippen LogP contribution is -2.30. The van der Waals surface area contributed by atoms with E-state index in [0.717, 1.165) is 12.0 Å². The predicted octanol–water partition coefficient (Wildman–Crippen LogP) is 6.19. The number of carboxylic acids is 1. The summed E-state index contributed by atoms with van der Waals surface area (Å²) in [5.74, 6) is -2.66. The number of nitrogens with zero attached hydrogens (tertiary/aromatic N) is 1. The number of amidine groups is 2. The number of thiophene rings is 1. The van der Waals surface area contributed by atoms with E-state index in [-0.39, 0.29) is 42.5 Å². The van der Waals surface area contributed by atoms with E-state index >= 15 is 0 Å². The first-order valence-electron chi connectivity index (χ1n) is 13.2. The highest BCUT2D eigenvalue weighted by Crippen LogP contribution is 2.39. The Morgan fingerprint density at radius 2 is 1.56 bits per heavy atom. The first kappa shape index (κ1) is 33.3. The second kappa shape index (κ2) is 14.8. The van der Waals surface area contributed by atoms with E-state index in [1.807, 2.05) is 40.6 Å². The van der Waals surface area contributed by atoms with E-state index in [9.17, 15) is 14.7 Å². The molecule has 3 atom stereocenters. The van der Waals surface area contributed by atoms with Crippen LogP contribution >= 0.6 is 36.2 Å². The van der Waals surface area contributed by atoms with Gasteiger partial charge in [0.2, 0.25) is 0 Å². The van der Waals surface area contributed by atoms with Crippen LogP contribution in [0, 0.1) is 10.8 Å². The number of carboxylic acid groups (broad SMARTS) is 1. The number of nitrogens with two attached hydrogens (primary N) is 1. The van der Waals surface area contributed by atoms with Crippen LogP contribution < -0.4 is 10.5 Å². The number of nitrogens with one attached hydrogen (secondary N) is 2. The highest BCUT2D eigenvalue weighted by molar-refractivity contribution is 7.10. The molecule has 0 saturated carbocycles. The summed E-state index contributed by atoms with van der Waals surface area (Å²) >= 11 is 1.33. The molecule has 2 unspecified atom stereocenters. The van der Waals surface area contributed by atoms with Gasteiger partial charge in [-0.25, -0.2) is 0 Å². The van der Waals surface area contributed by atoms with Gasteiger partial charge in [-0.1, -0.05) is 66.7 Å². The fraction of sp³-hybridized carbons (Fsp3) is 0.188. The van der Waals surface area contributed by atoms with Crippen molar-refractivity contribution in [2.75, 3.05) is 13.1 Å². The number of carbonyl (C=O) groups is 2. The second-order valence-corrected chi connectivity index (χ2v) is 10.9. The molecule has 5 rings (SSSR count). The Labute approximate surface area is 266 Å². The number of halogens is 2. The summed E-state index contributed by atoms with van der Waals surface area (Å²) in [4.78, 5) is 29.1. The van der Waals surface area contributed by atoms with Crippen LogP contribution in [0.2, 0.25) is 0 Å². The van der Waals surface area contributed by atoms with Crippen molar-refractivity contribution in [3.05, 3.63) is 124 Å².